The van der Waals surface area contributed by atoms with E-state index in [0.29, 0.717) is 13.1 Å². The highest BCUT2D eigenvalue weighted by Gasteiger charge is 2.32. The standard InChI is InChI=1S/C11H14Cl2N2O3S/c1-18-10-6-14-5-9(10)15-19(16,17)11-7(12)3-2-4-8(11)13/h2-4,9-10,14-15H,5-6H2,1H3/t9?,10-/m0/s1. The number of rotatable bonds is 4. The molecule has 2 atom stereocenters. The van der Waals surface area contributed by atoms with Crippen molar-refractivity contribution in [3.63, 3.8) is 0 Å². The van der Waals surface area contributed by atoms with Gasteiger partial charge in [0.15, 0.2) is 0 Å². The fourth-order valence-corrected chi connectivity index (χ4v) is 4.43. The van der Waals surface area contributed by atoms with Crippen LogP contribution in [0.15, 0.2) is 23.1 Å². The van der Waals surface area contributed by atoms with Gasteiger partial charge in [-0.25, -0.2) is 13.1 Å². The van der Waals surface area contributed by atoms with Crippen LogP contribution < -0.4 is 10.0 Å². The summed E-state index contributed by atoms with van der Waals surface area (Å²) in [4.78, 5) is -0.0971. The zero-order valence-electron chi connectivity index (χ0n) is 10.2. The van der Waals surface area contributed by atoms with Crippen LogP contribution in [0, 0.1) is 0 Å². The van der Waals surface area contributed by atoms with Gasteiger partial charge < -0.3 is 10.1 Å². The molecule has 1 aliphatic rings. The van der Waals surface area contributed by atoms with Gasteiger partial charge in [-0.2, -0.15) is 0 Å². The van der Waals surface area contributed by atoms with Crippen molar-refractivity contribution in [2.75, 3.05) is 20.2 Å². The maximum Gasteiger partial charge on any atom is 0.243 e. The van der Waals surface area contributed by atoms with Gasteiger partial charge in [-0.3, -0.25) is 0 Å². The van der Waals surface area contributed by atoms with Crippen molar-refractivity contribution in [1.82, 2.24) is 10.0 Å². The number of ether oxygens (including phenoxy) is 1. The van der Waals surface area contributed by atoms with E-state index in [1.54, 1.807) is 13.2 Å². The van der Waals surface area contributed by atoms with Crippen LogP contribution in [0.1, 0.15) is 0 Å². The maximum absolute atomic E-state index is 12.3. The second-order valence-corrected chi connectivity index (χ2v) is 6.68. The summed E-state index contributed by atoms with van der Waals surface area (Å²) in [7, 11) is -2.24. The van der Waals surface area contributed by atoms with Crippen molar-refractivity contribution in [3.8, 4) is 0 Å². The van der Waals surface area contributed by atoms with Gasteiger partial charge in [0.25, 0.3) is 0 Å². The van der Waals surface area contributed by atoms with Crippen LogP contribution in [-0.2, 0) is 14.8 Å². The van der Waals surface area contributed by atoms with Crippen molar-refractivity contribution in [2.45, 2.75) is 17.0 Å². The van der Waals surface area contributed by atoms with Crippen molar-refractivity contribution in [1.29, 1.82) is 0 Å². The molecule has 1 saturated heterocycles. The Balaban J connectivity index is 2.28. The molecule has 2 rings (SSSR count). The van der Waals surface area contributed by atoms with Crippen molar-refractivity contribution in [2.24, 2.45) is 0 Å². The zero-order valence-corrected chi connectivity index (χ0v) is 12.5. The van der Waals surface area contributed by atoms with Gasteiger partial charge in [-0.1, -0.05) is 29.3 Å². The molecule has 1 unspecified atom stereocenters. The number of hydrogen-bond acceptors (Lipinski definition) is 4. The highest BCUT2D eigenvalue weighted by atomic mass is 35.5. The smallest absolute Gasteiger partial charge is 0.243 e. The first-order valence-electron chi connectivity index (χ1n) is 5.65. The summed E-state index contributed by atoms with van der Waals surface area (Å²) < 4.78 is 32.4. The van der Waals surface area contributed by atoms with Crippen LogP contribution in [0.3, 0.4) is 0 Å². The minimum absolute atomic E-state index is 0.0971. The molecule has 8 heteroatoms. The van der Waals surface area contributed by atoms with Gasteiger partial charge in [0.2, 0.25) is 10.0 Å². The molecule has 0 aliphatic carbocycles. The summed E-state index contributed by atoms with van der Waals surface area (Å²) in [5.74, 6) is 0. The van der Waals surface area contributed by atoms with Crippen LogP contribution in [-0.4, -0.2) is 40.8 Å². The molecule has 5 nitrogen and oxygen atoms in total. The normalized spacial score (nSPS) is 23.7. The Bertz CT molecular complexity index is 545. The number of halogens is 2. The number of hydrogen-bond donors (Lipinski definition) is 2. The monoisotopic (exact) mass is 324 g/mol. The topological polar surface area (TPSA) is 67.4 Å². The highest BCUT2D eigenvalue weighted by molar-refractivity contribution is 7.89. The van der Waals surface area contributed by atoms with Gasteiger partial charge in [-0.15, -0.1) is 0 Å². The predicted octanol–water partition coefficient (Wildman–Crippen LogP) is 1.26. The summed E-state index contributed by atoms with van der Waals surface area (Å²) in [6.45, 7) is 1.10. The second kappa shape index (κ2) is 5.95. The van der Waals surface area contributed by atoms with E-state index >= 15 is 0 Å². The van der Waals surface area contributed by atoms with Gasteiger partial charge in [-0.05, 0) is 12.1 Å². The Kier molecular flexibility index (Phi) is 4.70. The van der Waals surface area contributed by atoms with E-state index in [4.69, 9.17) is 27.9 Å². The van der Waals surface area contributed by atoms with E-state index in [-0.39, 0.29) is 27.1 Å². The third-order valence-corrected chi connectivity index (χ3v) is 5.40. The van der Waals surface area contributed by atoms with E-state index < -0.39 is 10.0 Å². The van der Waals surface area contributed by atoms with E-state index in [0.717, 1.165) is 0 Å². The van der Waals surface area contributed by atoms with Gasteiger partial charge in [0.1, 0.15) is 4.90 Å². The molecule has 106 valence electrons. The largest absolute Gasteiger partial charge is 0.378 e. The molecule has 2 N–H and O–H groups in total. The highest BCUT2D eigenvalue weighted by Crippen LogP contribution is 2.29. The molecule has 0 bridgehead atoms. The zero-order chi connectivity index (χ0) is 14.0. The molecule has 1 heterocycles. The molecule has 19 heavy (non-hydrogen) atoms. The van der Waals surface area contributed by atoms with Crippen LogP contribution in [0.25, 0.3) is 0 Å². The lowest BCUT2D eigenvalue weighted by molar-refractivity contribution is 0.103. The molecular weight excluding hydrogens is 311 g/mol. The molecule has 0 saturated carbocycles. The van der Waals surface area contributed by atoms with E-state index in [1.165, 1.54) is 12.1 Å². The van der Waals surface area contributed by atoms with Crippen molar-refractivity contribution >= 4 is 33.2 Å². The predicted molar refractivity (Wildman–Crippen MR) is 74.2 cm³/mol. The van der Waals surface area contributed by atoms with E-state index in [2.05, 4.69) is 10.0 Å². The molecule has 1 aromatic rings. The third kappa shape index (κ3) is 3.21. The molecular formula is C11H14Cl2N2O3S. The number of nitrogens with one attached hydrogen (secondary N) is 2. The minimum Gasteiger partial charge on any atom is -0.378 e. The number of sulfonamides is 1. The first-order chi connectivity index (χ1) is 8.95. The minimum atomic E-state index is -3.78. The van der Waals surface area contributed by atoms with Crippen LogP contribution >= 0.6 is 23.2 Å². The molecule has 0 radical (unpaired) electrons. The summed E-state index contributed by atoms with van der Waals surface area (Å²) in [6, 6.07) is 4.23. The van der Waals surface area contributed by atoms with Crippen LogP contribution in [0.2, 0.25) is 10.0 Å². The lowest BCUT2D eigenvalue weighted by Crippen LogP contribution is -2.43. The second-order valence-electron chi connectivity index (χ2n) is 4.21. The van der Waals surface area contributed by atoms with Crippen molar-refractivity contribution in [3.05, 3.63) is 28.2 Å². The summed E-state index contributed by atoms with van der Waals surface area (Å²) >= 11 is 11.8. The van der Waals surface area contributed by atoms with Gasteiger partial charge in [0.05, 0.1) is 22.2 Å². The Morgan fingerprint density at radius 1 is 1.32 bits per heavy atom. The summed E-state index contributed by atoms with van der Waals surface area (Å²) in [5, 5.41) is 3.25. The third-order valence-electron chi connectivity index (χ3n) is 2.96. The molecule has 1 aliphatic heterocycles. The maximum atomic E-state index is 12.3. The fourth-order valence-electron chi connectivity index (χ4n) is 2.02. The van der Waals surface area contributed by atoms with Crippen LogP contribution in [0.5, 0.6) is 0 Å². The Morgan fingerprint density at radius 3 is 2.53 bits per heavy atom. The first-order valence-corrected chi connectivity index (χ1v) is 7.89. The summed E-state index contributed by atoms with van der Waals surface area (Å²) in [5.41, 5.74) is 0. The average molecular weight is 325 g/mol. The molecule has 0 spiro atoms. The Labute approximate surface area is 122 Å². The number of methoxy groups -OCH3 is 1. The van der Waals surface area contributed by atoms with E-state index in [9.17, 15) is 8.42 Å². The molecule has 0 aromatic heterocycles. The lowest BCUT2D eigenvalue weighted by atomic mass is 10.2. The lowest BCUT2D eigenvalue weighted by Gasteiger charge is -2.19. The van der Waals surface area contributed by atoms with Crippen LogP contribution in [0.4, 0.5) is 0 Å². The first kappa shape index (κ1) is 15.0. The SMILES string of the molecule is CO[C@H]1CNCC1NS(=O)(=O)c1c(Cl)cccc1Cl. The summed E-state index contributed by atoms with van der Waals surface area (Å²) in [6.07, 6.45) is -0.212. The molecule has 1 aromatic carbocycles. The Hall–Kier alpha value is -0.370. The fraction of sp³-hybridized carbons (Fsp3) is 0.455. The average Bonchev–Trinajstić information content (AvgIpc) is 2.74. The Morgan fingerprint density at radius 2 is 1.95 bits per heavy atom. The van der Waals surface area contributed by atoms with Gasteiger partial charge in [0, 0.05) is 20.2 Å². The van der Waals surface area contributed by atoms with E-state index in [1.807, 2.05) is 0 Å². The quantitative estimate of drug-likeness (QED) is 0.875. The van der Waals surface area contributed by atoms with Gasteiger partial charge >= 0.3 is 0 Å². The molecule has 1 fully saturated rings. The number of benzene rings is 1. The molecule has 0 amide bonds. The van der Waals surface area contributed by atoms with Crippen molar-refractivity contribution < 1.29 is 13.2 Å².